The fourth-order valence-corrected chi connectivity index (χ4v) is 14.9. The van der Waals surface area contributed by atoms with E-state index >= 15 is 0 Å². The van der Waals surface area contributed by atoms with Crippen LogP contribution in [0.25, 0.3) is 22.3 Å². The number of aromatic amines is 2. The van der Waals surface area contributed by atoms with Gasteiger partial charge in [0.1, 0.15) is 0 Å². The Hall–Kier alpha value is -2.50. The molecule has 0 saturated heterocycles. The van der Waals surface area contributed by atoms with Crippen LogP contribution in [-0.2, 0) is 0 Å². The van der Waals surface area contributed by atoms with Gasteiger partial charge in [0, 0.05) is 0 Å². The summed E-state index contributed by atoms with van der Waals surface area (Å²) >= 11 is -3.23. The van der Waals surface area contributed by atoms with Gasteiger partial charge < -0.3 is 0 Å². The van der Waals surface area contributed by atoms with Gasteiger partial charge in [-0.3, -0.25) is 0 Å². The summed E-state index contributed by atoms with van der Waals surface area (Å²) in [5.41, 5.74) is 3.03. The van der Waals surface area contributed by atoms with Crippen molar-refractivity contribution in [2.45, 2.75) is 48.4 Å². The molecule has 0 spiro atoms. The van der Waals surface area contributed by atoms with Crippen molar-refractivity contribution in [2.24, 2.45) is 0 Å². The van der Waals surface area contributed by atoms with Crippen molar-refractivity contribution < 1.29 is 0 Å². The van der Waals surface area contributed by atoms with E-state index in [1.807, 2.05) is 0 Å². The molecular formula is C18H26N10Sn. The minimum atomic E-state index is -3.23. The molecule has 0 atom stereocenters. The number of rotatable bonds is 10. The normalized spacial score (nSPS) is 11.9. The first-order chi connectivity index (χ1) is 14.2. The second kappa shape index (κ2) is 8.89. The van der Waals surface area contributed by atoms with Gasteiger partial charge in [-0.15, -0.1) is 0 Å². The average Bonchev–Trinajstić information content (AvgIpc) is 3.41. The summed E-state index contributed by atoms with van der Waals surface area (Å²) < 4.78 is 9.94. The van der Waals surface area contributed by atoms with E-state index in [0.29, 0.717) is 0 Å². The summed E-state index contributed by atoms with van der Waals surface area (Å²) in [6.45, 7) is 4.45. The first kappa shape index (κ1) is 19.8. The summed E-state index contributed by atoms with van der Waals surface area (Å²) in [6, 6.07) is 0. The minimum absolute atomic E-state index is 0.741. The number of aromatic nitrogens is 8. The van der Waals surface area contributed by atoms with E-state index in [9.17, 15) is 0 Å². The summed E-state index contributed by atoms with van der Waals surface area (Å²) in [7, 11) is 0. The fraction of sp³-hybridized carbons (Fsp3) is 0.444. The van der Waals surface area contributed by atoms with Gasteiger partial charge in [-0.2, -0.15) is 0 Å². The predicted molar refractivity (Wildman–Crippen MR) is 116 cm³/mol. The Balaban J connectivity index is 1.74. The number of fused-ring (bicyclic) bond motifs is 2. The molecule has 0 aromatic carbocycles. The van der Waals surface area contributed by atoms with E-state index in [4.69, 9.17) is 0 Å². The molecular weight excluding hydrogens is 475 g/mol. The second-order valence-electron chi connectivity index (χ2n) is 7.18. The summed E-state index contributed by atoms with van der Waals surface area (Å²) in [6.07, 6.45) is 11.0. The maximum atomic E-state index is 4.53. The van der Waals surface area contributed by atoms with E-state index in [0.717, 1.165) is 68.5 Å². The van der Waals surface area contributed by atoms with Crippen LogP contribution in [0.1, 0.15) is 39.5 Å². The number of nitrogens with one attached hydrogen (secondary N) is 4. The predicted octanol–water partition coefficient (Wildman–Crippen LogP) is 3.59. The van der Waals surface area contributed by atoms with Crippen LogP contribution in [0.5, 0.6) is 0 Å². The Morgan fingerprint density at radius 1 is 0.724 bits per heavy atom. The second-order valence-corrected chi connectivity index (χ2v) is 17.6. The summed E-state index contributed by atoms with van der Waals surface area (Å²) in [4.78, 5) is 32.6. The van der Waals surface area contributed by atoms with Crippen molar-refractivity contribution in [1.82, 2.24) is 39.9 Å². The van der Waals surface area contributed by atoms with Crippen LogP contribution in [0, 0.1) is 0 Å². The first-order valence-electron chi connectivity index (χ1n) is 10.1. The van der Waals surface area contributed by atoms with Gasteiger partial charge >= 0.3 is 174 Å². The third kappa shape index (κ3) is 4.26. The number of unbranched alkanes of at least 4 members (excludes halogenated alkanes) is 2. The topological polar surface area (TPSA) is 133 Å². The molecule has 0 amide bonds. The molecule has 0 radical (unpaired) electrons. The van der Waals surface area contributed by atoms with Crippen LogP contribution >= 0.6 is 0 Å². The number of H-pyrrole nitrogens is 2. The van der Waals surface area contributed by atoms with Gasteiger partial charge in [-0.25, -0.2) is 0 Å². The van der Waals surface area contributed by atoms with Crippen molar-refractivity contribution in [1.29, 1.82) is 0 Å². The van der Waals surface area contributed by atoms with Crippen LogP contribution < -0.4 is 7.08 Å². The Morgan fingerprint density at radius 3 is 1.66 bits per heavy atom. The van der Waals surface area contributed by atoms with Crippen LogP contribution in [0.3, 0.4) is 0 Å². The molecule has 0 aliphatic rings. The number of nitrogens with zero attached hydrogens (tertiary/aromatic N) is 6. The van der Waals surface area contributed by atoms with Gasteiger partial charge in [-0.1, -0.05) is 0 Å². The molecule has 4 N–H and O–H groups in total. The van der Waals surface area contributed by atoms with Crippen LogP contribution in [0.4, 0.5) is 11.6 Å². The molecule has 0 saturated carbocycles. The molecule has 29 heavy (non-hydrogen) atoms. The SMILES string of the molecule is CCC[CH2][Sn]([CH2]CCC)([NH]c1ncnc2[nH]cnc12)[NH]c1ncnc2[nH]cnc12. The van der Waals surface area contributed by atoms with E-state index in [-0.39, 0.29) is 0 Å². The van der Waals surface area contributed by atoms with E-state index < -0.39 is 18.9 Å². The van der Waals surface area contributed by atoms with Gasteiger partial charge in [0.2, 0.25) is 0 Å². The fourth-order valence-electron chi connectivity index (χ4n) is 3.53. The van der Waals surface area contributed by atoms with E-state index in [1.54, 1.807) is 25.3 Å². The zero-order valence-electron chi connectivity index (χ0n) is 16.7. The molecule has 4 rings (SSSR count). The van der Waals surface area contributed by atoms with Gasteiger partial charge in [0.25, 0.3) is 0 Å². The molecule has 4 heterocycles. The average molecular weight is 501 g/mol. The summed E-state index contributed by atoms with van der Waals surface area (Å²) in [5.74, 6) is 1.58. The standard InChI is InChI=1S/2C5H4N5.2C4H9.Sn/c2*6-4-3-5(9-1-7-3)10-2-8-4;2*1-3-4-2;/h2*1-2H,(H2-,6,7,8,9,10);2*1,3-4H2,2H3;/q2*-1;;;+2. The zero-order chi connectivity index (χ0) is 20.1. The molecule has 10 nitrogen and oxygen atoms in total. The Kier molecular flexibility index (Phi) is 6.07. The van der Waals surface area contributed by atoms with Crippen molar-refractivity contribution >= 4 is 52.9 Å². The Bertz CT molecular complexity index is 989. The van der Waals surface area contributed by atoms with Crippen LogP contribution in [0.15, 0.2) is 25.3 Å². The summed E-state index contributed by atoms with van der Waals surface area (Å²) in [5, 5.41) is 0. The van der Waals surface area contributed by atoms with E-state index in [2.05, 4.69) is 60.8 Å². The number of anilines is 2. The Labute approximate surface area is 173 Å². The molecule has 0 aliphatic heterocycles. The maximum absolute atomic E-state index is 4.53. The van der Waals surface area contributed by atoms with Crippen molar-refractivity contribution in [2.75, 3.05) is 7.08 Å². The van der Waals surface area contributed by atoms with Crippen molar-refractivity contribution in [3.63, 3.8) is 0 Å². The molecule has 4 aromatic rings. The third-order valence-electron chi connectivity index (χ3n) is 5.06. The van der Waals surface area contributed by atoms with Crippen LogP contribution in [0.2, 0.25) is 8.87 Å². The quantitative estimate of drug-likeness (QED) is 0.243. The Morgan fingerprint density at radius 2 is 1.21 bits per heavy atom. The van der Waals surface area contributed by atoms with Crippen molar-refractivity contribution in [3.05, 3.63) is 25.3 Å². The van der Waals surface area contributed by atoms with Gasteiger partial charge in [0.15, 0.2) is 0 Å². The number of imidazole rings is 2. The monoisotopic (exact) mass is 502 g/mol. The molecule has 11 heteroatoms. The number of hydrogen-bond acceptors (Lipinski definition) is 8. The van der Waals surface area contributed by atoms with Gasteiger partial charge in [-0.05, 0) is 0 Å². The van der Waals surface area contributed by atoms with Crippen molar-refractivity contribution in [3.8, 4) is 0 Å². The first-order valence-corrected chi connectivity index (χ1v) is 17.0. The van der Waals surface area contributed by atoms with E-state index in [1.165, 1.54) is 0 Å². The number of hydrogen-bond donors (Lipinski definition) is 4. The van der Waals surface area contributed by atoms with Crippen LogP contribution in [-0.4, -0.2) is 58.8 Å². The molecule has 0 bridgehead atoms. The van der Waals surface area contributed by atoms with Gasteiger partial charge in [0.05, 0.1) is 0 Å². The molecule has 4 aromatic heterocycles. The molecule has 0 fully saturated rings. The molecule has 0 aliphatic carbocycles. The molecule has 0 unspecified atom stereocenters. The molecule has 152 valence electrons. The third-order valence-corrected chi connectivity index (χ3v) is 16.0. The zero-order valence-corrected chi connectivity index (χ0v) is 19.6.